The van der Waals surface area contributed by atoms with Gasteiger partial charge in [0.1, 0.15) is 16.9 Å². The minimum atomic E-state index is 1.20. The van der Waals surface area contributed by atoms with Crippen LogP contribution in [0, 0.1) is 0 Å². The number of para-hydroxylation sites is 3. The van der Waals surface area contributed by atoms with Crippen LogP contribution in [-0.4, -0.2) is 13.2 Å². The van der Waals surface area contributed by atoms with Crippen LogP contribution < -0.4 is 0 Å². The van der Waals surface area contributed by atoms with Crippen LogP contribution >= 0.6 is 0 Å². The summed E-state index contributed by atoms with van der Waals surface area (Å²) in [5.74, 6) is 0. The highest BCUT2D eigenvalue weighted by Crippen LogP contribution is 2.32. The summed E-state index contributed by atoms with van der Waals surface area (Å²) in [6, 6.07) is 32.8. The van der Waals surface area contributed by atoms with Crippen molar-refractivity contribution in [2.24, 2.45) is 0 Å². The van der Waals surface area contributed by atoms with Crippen LogP contribution in [-0.2, 0) is 0 Å². The molecule has 0 N–H and O–H groups in total. The lowest BCUT2D eigenvalue weighted by atomic mass is 10.2. The summed E-state index contributed by atoms with van der Waals surface area (Å²) in [5, 5.41) is 3.78. The average Bonchev–Trinajstić information content (AvgIpc) is 3.38. The summed E-state index contributed by atoms with van der Waals surface area (Å²) in [7, 11) is 0. The lowest BCUT2D eigenvalue weighted by Crippen LogP contribution is -2.01. The van der Waals surface area contributed by atoms with Crippen molar-refractivity contribution in [2.75, 3.05) is 0 Å². The SMILES string of the molecule is c1ccc2c(c1)cc1n2c2cc3ccccc3n2c2cc3ccccc3n12. The van der Waals surface area contributed by atoms with Crippen LogP contribution in [0.1, 0.15) is 0 Å². The molecular formula is C24H15N3. The zero-order valence-corrected chi connectivity index (χ0v) is 14.5. The Morgan fingerprint density at radius 2 is 0.667 bits per heavy atom. The van der Waals surface area contributed by atoms with E-state index in [1.165, 1.54) is 49.7 Å². The van der Waals surface area contributed by atoms with Crippen molar-refractivity contribution >= 4 is 49.7 Å². The van der Waals surface area contributed by atoms with Gasteiger partial charge in [0.2, 0.25) is 0 Å². The normalized spacial score (nSPS) is 12.4. The third kappa shape index (κ3) is 1.53. The molecule has 0 atom stereocenters. The Morgan fingerprint density at radius 3 is 1.00 bits per heavy atom. The Labute approximate surface area is 154 Å². The van der Waals surface area contributed by atoms with Crippen LogP contribution in [0.3, 0.4) is 0 Å². The second kappa shape index (κ2) is 4.51. The topological polar surface area (TPSA) is 13.2 Å². The summed E-state index contributed by atoms with van der Waals surface area (Å²) in [5.41, 5.74) is 7.30. The van der Waals surface area contributed by atoms with Crippen LogP contribution in [0.5, 0.6) is 0 Å². The second-order valence-electron chi connectivity index (χ2n) is 7.19. The maximum Gasteiger partial charge on any atom is 0.125 e. The number of hydrogen-bond acceptors (Lipinski definition) is 0. The van der Waals surface area contributed by atoms with Crippen molar-refractivity contribution in [3.63, 3.8) is 0 Å². The molecule has 0 aliphatic carbocycles. The van der Waals surface area contributed by atoms with Crippen LogP contribution in [0.25, 0.3) is 49.7 Å². The Kier molecular flexibility index (Phi) is 2.25. The number of hydrogen-bond donors (Lipinski definition) is 0. The van der Waals surface area contributed by atoms with E-state index in [0.29, 0.717) is 0 Å². The van der Waals surface area contributed by atoms with E-state index < -0.39 is 0 Å². The lowest BCUT2D eigenvalue weighted by molar-refractivity contribution is 1.08. The third-order valence-electron chi connectivity index (χ3n) is 5.76. The molecule has 3 heteroatoms. The number of aromatic nitrogens is 3. The highest BCUT2D eigenvalue weighted by Gasteiger charge is 2.16. The van der Waals surface area contributed by atoms with E-state index in [-0.39, 0.29) is 0 Å². The summed E-state index contributed by atoms with van der Waals surface area (Å²) in [6.07, 6.45) is 0. The van der Waals surface area contributed by atoms with Crippen molar-refractivity contribution in [2.45, 2.75) is 0 Å². The highest BCUT2D eigenvalue weighted by molar-refractivity contribution is 5.98. The molecule has 0 amide bonds. The predicted octanol–water partition coefficient (Wildman–Crippen LogP) is 5.90. The predicted molar refractivity (Wildman–Crippen MR) is 112 cm³/mol. The summed E-state index contributed by atoms with van der Waals surface area (Å²) >= 11 is 0. The molecule has 0 spiro atoms. The molecule has 4 aromatic heterocycles. The van der Waals surface area contributed by atoms with E-state index in [9.17, 15) is 0 Å². The van der Waals surface area contributed by atoms with Crippen molar-refractivity contribution in [1.82, 2.24) is 13.2 Å². The van der Waals surface area contributed by atoms with E-state index in [1.54, 1.807) is 0 Å². The van der Waals surface area contributed by atoms with Crippen LogP contribution in [0.4, 0.5) is 0 Å². The quantitative estimate of drug-likeness (QED) is 0.324. The van der Waals surface area contributed by atoms with E-state index >= 15 is 0 Å². The molecule has 27 heavy (non-hydrogen) atoms. The van der Waals surface area contributed by atoms with Gasteiger partial charge in [-0.3, -0.25) is 13.2 Å². The molecule has 0 aliphatic heterocycles. The fraction of sp³-hybridized carbons (Fsp3) is 0. The molecular weight excluding hydrogens is 330 g/mol. The van der Waals surface area contributed by atoms with Crippen LogP contribution in [0.15, 0.2) is 91.0 Å². The van der Waals surface area contributed by atoms with Gasteiger partial charge in [-0.05, 0) is 36.4 Å². The Bertz CT molecular complexity index is 1440. The van der Waals surface area contributed by atoms with Gasteiger partial charge in [0, 0.05) is 16.2 Å². The third-order valence-corrected chi connectivity index (χ3v) is 5.76. The number of rotatable bonds is 0. The van der Waals surface area contributed by atoms with E-state index in [1.807, 2.05) is 0 Å². The summed E-state index contributed by atoms with van der Waals surface area (Å²) < 4.78 is 7.15. The minimum Gasteiger partial charge on any atom is -0.281 e. The van der Waals surface area contributed by atoms with E-state index in [2.05, 4.69) is 104 Å². The molecule has 0 aliphatic rings. The largest absolute Gasteiger partial charge is 0.281 e. The first-order chi connectivity index (χ1) is 13.4. The fourth-order valence-electron chi connectivity index (χ4n) is 4.64. The first-order valence-electron chi connectivity index (χ1n) is 9.23. The van der Waals surface area contributed by atoms with E-state index in [0.717, 1.165) is 0 Å². The second-order valence-corrected chi connectivity index (χ2v) is 7.19. The molecule has 3 nitrogen and oxygen atoms in total. The van der Waals surface area contributed by atoms with Gasteiger partial charge >= 0.3 is 0 Å². The summed E-state index contributed by atoms with van der Waals surface area (Å²) in [4.78, 5) is 0. The van der Waals surface area contributed by atoms with Gasteiger partial charge in [0.15, 0.2) is 0 Å². The first-order valence-corrected chi connectivity index (χ1v) is 9.23. The molecule has 0 bridgehead atoms. The number of benzene rings is 3. The van der Waals surface area contributed by atoms with E-state index in [4.69, 9.17) is 0 Å². The molecule has 3 aromatic carbocycles. The maximum atomic E-state index is 2.38. The number of fused-ring (bicyclic) bond motifs is 12. The first kappa shape index (κ1) is 13.5. The molecule has 0 fully saturated rings. The zero-order valence-electron chi connectivity index (χ0n) is 14.5. The van der Waals surface area contributed by atoms with Gasteiger partial charge < -0.3 is 0 Å². The highest BCUT2D eigenvalue weighted by atomic mass is 15.2. The van der Waals surface area contributed by atoms with Gasteiger partial charge in [0.25, 0.3) is 0 Å². The van der Waals surface area contributed by atoms with Gasteiger partial charge in [0.05, 0.1) is 16.6 Å². The fourth-order valence-corrected chi connectivity index (χ4v) is 4.64. The van der Waals surface area contributed by atoms with Gasteiger partial charge in [-0.15, -0.1) is 0 Å². The maximum absolute atomic E-state index is 2.38. The molecule has 7 aromatic rings. The van der Waals surface area contributed by atoms with Crippen molar-refractivity contribution in [1.29, 1.82) is 0 Å². The smallest absolute Gasteiger partial charge is 0.125 e. The molecule has 0 saturated carbocycles. The molecule has 0 unspecified atom stereocenters. The van der Waals surface area contributed by atoms with Gasteiger partial charge in [-0.1, -0.05) is 54.6 Å². The van der Waals surface area contributed by atoms with Crippen molar-refractivity contribution < 1.29 is 0 Å². The summed E-state index contributed by atoms with van der Waals surface area (Å²) in [6.45, 7) is 0. The zero-order chi connectivity index (χ0) is 17.5. The van der Waals surface area contributed by atoms with Gasteiger partial charge in [-0.25, -0.2) is 0 Å². The molecule has 7 rings (SSSR count). The Hall–Kier alpha value is -3.72. The van der Waals surface area contributed by atoms with Crippen molar-refractivity contribution in [3.05, 3.63) is 91.0 Å². The van der Waals surface area contributed by atoms with Crippen molar-refractivity contribution in [3.8, 4) is 0 Å². The monoisotopic (exact) mass is 345 g/mol. The Balaban J connectivity index is 1.95. The molecule has 4 heterocycles. The Morgan fingerprint density at radius 1 is 0.370 bits per heavy atom. The molecule has 126 valence electrons. The lowest BCUT2D eigenvalue weighted by Gasteiger charge is -2.09. The van der Waals surface area contributed by atoms with Crippen LogP contribution in [0.2, 0.25) is 0 Å². The average molecular weight is 345 g/mol. The molecule has 0 radical (unpaired) electrons. The molecule has 0 saturated heterocycles. The number of nitrogens with zero attached hydrogens (tertiary/aromatic N) is 3. The minimum absolute atomic E-state index is 1.20. The standard InChI is InChI=1S/C24H15N3/c1-4-10-19-16(7-1)13-22-25(19)23-14-17-8-3-6-12-21(17)27(23)24-15-18-9-2-5-11-20(18)26(22)24/h1-15H. The van der Waals surface area contributed by atoms with Gasteiger partial charge in [-0.2, -0.15) is 0 Å².